The number of thiocarbonyl (C=S) groups is 1. The highest BCUT2D eigenvalue weighted by Gasteiger charge is 2.08. The quantitative estimate of drug-likeness (QED) is 0.759. The lowest BCUT2D eigenvalue weighted by molar-refractivity contribution is 0.398. The van der Waals surface area contributed by atoms with Gasteiger partial charge in [0.15, 0.2) is 5.11 Å². The fourth-order valence-corrected chi connectivity index (χ4v) is 2.50. The Labute approximate surface area is 143 Å². The minimum atomic E-state index is 0.547. The number of rotatable bonds is 7. The molecule has 2 aromatic rings. The van der Waals surface area contributed by atoms with Gasteiger partial charge >= 0.3 is 0 Å². The Hall–Kier alpha value is -2.14. The van der Waals surface area contributed by atoms with E-state index < -0.39 is 0 Å². The molecule has 0 aliphatic rings. The Morgan fingerprint density at radius 1 is 1.22 bits per heavy atom. The largest absolute Gasteiger partial charge is 0.481 e. The van der Waals surface area contributed by atoms with Gasteiger partial charge in [-0.3, -0.25) is 0 Å². The van der Waals surface area contributed by atoms with Crippen molar-refractivity contribution in [2.24, 2.45) is 5.92 Å². The smallest absolute Gasteiger partial charge is 0.213 e. The predicted molar refractivity (Wildman–Crippen MR) is 98.9 cm³/mol. The molecule has 0 saturated carbocycles. The second kappa shape index (κ2) is 9.10. The van der Waals surface area contributed by atoms with Gasteiger partial charge in [0.05, 0.1) is 19.0 Å². The van der Waals surface area contributed by atoms with Crippen LogP contribution < -0.4 is 15.4 Å². The maximum Gasteiger partial charge on any atom is 0.213 e. The van der Waals surface area contributed by atoms with Crippen LogP contribution in [0.3, 0.4) is 0 Å². The Balaban J connectivity index is 1.79. The normalized spacial score (nSPS) is 11.6. The van der Waals surface area contributed by atoms with Gasteiger partial charge in [-0.2, -0.15) is 0 Å². The topological polar surface area (TPSA) is 46.2 Å². The van der Waals surface area contributed by atoms with Gasteiger partial charge in [-0.15, -0.1) is 0 Å². The summed E-state index contributed by atoms with van der Waals surface area (Å²) in [5.41, 5.74) is 2.21. The molecular weight excluding hydrogens is 306 g/mol. The highest BCUT2D eigenvalue weighted by atomic mass is 32.1. The van der Waals surface area contributed by atoms with Crippen LogP contribution in [0.2, 0.25) is 0 Å². The lowest BCUT2D eigenvalue weighted by Crippen LogP contribution is -2.33. The van der Waals surface area contributed by atoms with E-state index in [-0.39, 0.29) is 0 Å². The Kier molecular flexibility index (Phi) is 6.81. The second-order valence-electron chi connectivity index (χ2n) is 5.39. The summed E-state index contributed by atoms with van der Waals surface area (Å²) in [5.74, 6) is 1.13. The molecule has 1 aromatic carbocycles. The maximum atomic E-state index is 5.35. The van der Waals surface area contributed by atoms with Crippen molar-refractivity contribution >= 4 is 23.0 Å². The molecule has 122 valence electrons. The number of pyridine rings is 1. The molecule has 0 radical (unpaired) electrons. The lowest BCUT2D eigenvalue weighted by atomic mass is 9.97. The van der Waals surface area contributed by atoms with Crippen LogP contribution in [-0.2, 0) is 6.42 Å². The number of aromatic nitrogens is 1. The minimum absolute atomic E-state index is 0.547. The summed E-state index contributed by atoms with van der Waals surface area (Å²) in [4.78, 5) is 4.15. The van der Waals surface area contributed by atoms with Crippen LogP contribution in [0.15, 0.2) is 48.7 Å². The van der Waals surface area contributed by atoms with Crippen molar-refractivity contribution < 1.29 is 4.74 Å². The fraction of sp³-hybridized carbons (Fsp3) is 0.333. The molecule has 0 unspecified atom stereocenters. The fourth-order valence-electron chi connectivity index (χ4n) is 2.30. The van der Waals surface area contributed by atoms with Gasteiger partial charge in [0.1, 0.15) is 0 Å². The molecule has 0 fully saturated rings. The Bertz CT molecular complexity index is 601. The first-order valence-corrected chi connectivity index (χ1v) is 8.21. The van der Waals surface area contributed by atoms with Crippen LogP contribution in [0, 0.1) is 5.92 Å². The summed E-state index contributed by atoms with van der Waals surface area (Å²) < 4.78 is 5.04. The summed E-state index contributed by atoms with van der Waals surface area (Å²) in [6.07, 6.45) is 3.86. The zero-order valence-corrected chi connectivity index (χ0v) is 14.4. The van der Waals surface area contributed by atoms with Crippen LogP contribution in [0.5, 0.6) is 5.88 Å². The number of benzene rings is 1. The van der Waals surface area contributed by atoms with Gasteiger partial charge in [0, 0.05) is 12.6 Å². The van der Waals surface area contributed by atoms with Crippen LogP contribution in [0.4, 0.5) is 5.69 Å². The highest BCUT2D eigenvalue weighted by molar-refractivity contribution is 7.80. The van der Waals surface area contributed by atoms with Crippen molar-refractivity contribution in [3.05, 3.63) is 54.2 Å². The summed E-state index contributed by atoms with van der Waals surface area (Å²) in [5, 5.41) is 7.05. The predicted octanol–water partition coefficient (Wildman–Crippen LogP) is 3.65. The average Bonchev–Trinajstić information content (AvgIpc) is 2.60. The van der Waals surface area contributed by atoms with E-state index in [2.05, 4.69) is 46.8 Å². The van der Waals surface area contributed by atoms with Crippen molar-refractivity contribution in [1.29, 1.82) is 0 Å². The average molecular weight is 329 g/mol. The maximum absolute atomic E-state index is 5.35. The first kappa shape index (κ1) is 17.2. The van der Waals surface area contributed by atoms with E-state index >= 15 is 0 Å². The Morgan fingerprint density at radius 2 is 2.00 bits per heavy atom. The van der Waals surface area contributed by atoms with E-state index in [4.69, 9.17) is 17.0 Å². The molecule has 0 amide bonds. The molecule has 1 heterocycles. The van der Waals surface area contributed by atoms with Gasteiger partial charge in [0.25, 0.3) is 0 Å². The number of ether oxygens (including phenoxy) is 1. The van der Waals surface area contributed by atoms with Crippen LogP contribution in [0.1, 0.15) is 18.9 Å². The molecule has 0 aliphatic heterocycles. The number of nitrogens with zero attached hydrogens (tertiary/aromatic N) is 1. The molecule has 0 saturated heterocycles. The van der Waals surface area contributed by atoms with Crippen molar-refractivity contribution in [2.45, 2.75) is 19.8 Å². The van der Waals surface area contributed by atoms with Gasteiger partial charge < -0.3 is 15.4 Å². The third-order valence-electron chi connectivity index (χ3n) is 3.70. The van der Waals surface area contributed by atoms with Crippen molar-refractivity contribution in [2.75, 3.05) is 19.0 Å². The summed E-state index contributed by atoms with van der Waals surface area (Å²) >= 11 is 5.35. The van der Waals surface area contributed by atoms with E-state index in [1.165, 1.54) is 5.56 Å². The van der Waals surface area contributed by atoms with Gasteiger partial charge in [-0.25, -0.2) is 4.98 Å². The zero-order chi connectivity index (χ0) is 16.5. The first-order chi connectivity index (χ1) is 11.2. The SMILES string of the molecule is CC[C@H](CNC(=S)Nc1ccc(OC)nc1)Cc1ccccc1. The second-order valence-corrected chi connectivity index (χ2v) is 5.80. The summed E-state index contributed by atoms with van der Waals surface area (Å²) in [7, 11) is 1.60. The molecule has 0 aliphatic carbocycles. The number of methoxy groups -OCH3 is 1. The molecule has 1 aromatic heterocycles. The Morgan fingerprint density at radius 3 is 2.61 bits per heavy atom. The zero-order valence-electron chi connectivity index (χ0n) is 13.6. The van der Waals surface area contributed by atoms with E-state index in [0.29, 0.717) is 16.9 Å². The van der Waals surface area contributed by atoms with Crippen LogP contribution in [-0.4, -0.2) is 23.8 Å². The molecule has 2 N–H and O–H groups in total. The van der Waals surface area contributed by atoms with Crippen molar-refractivity contribution in [1.82, 2.24) is 10.3 Å². The lowest BCUT2D eigenvalue weighted by Gasteiger charge is -2.17. The van der Waals surface area contributed by atoms with E-state index in [1.54, 1.807) is 19.4 Å². The number of anilines is 1. The number of hydrogen-bond donors (Lipinski definition) is 2. The monoisotopic (exact) mass is 329 g/mol. The number of hydrogen-bond acceptors (Lipinski definition) is 3. The van der Waals surface area contributed by atoms with Crippen LogP contribution in [0.25, 0.3) is 0 Å². The minimum Gasteiger partial charge on any atom is -0.481 e. The first-order valence-electron chi connectivity index (χ1n) is 7.80. The van der Waals surface area contributed by atoms with Crippen LogP contribution >= 0.6 is 12.2 Å². The van der Waals surface area contributed by atoms with Gasteiger partial charge in [0.2, 0.25) is 5.88 Å². The molecule has 0 spiro atoms. The van der Waals surface area contributed by atoms with E-state index in [1.807, 2.05) is 12.1 Å². The molecule has 2 rings (SSSR count). The summed E-state index contributed by atoms with van der Waals surface area (Å²) in [6, 6.07) is 14.2. The molecule has 0 bridgehead atoms. The van der Waals surface area contributed by atoms with E-state index in [0.717, 1.165) is 25.1 Å². The molecular formula is C18H23N3OS. The molecule has 5 heteroatoms. The van der Waals surface area contributed by atoms with Gasteiger partial charge in [-0.05, 0) is 36.2 Å². The van der Waals surface area contributed by atoms with Crippen molar-refractivity contribution in [3.8, 4) is 5.88 Å². The molecule has 4 nitrogen and oxygen atoms in total. The number of nitrogens with one attached hydrogen (secondary N) is 2. The summed E-state index contributed by atoms with van der Waals surface area (Å²) in [6.45, 7) is 3.06. The standard InChI is InChI=1S/C18H23N3OS/c1-3-14(11-15-7-5-4-6-8-15)12-20-18(23)21-16-9-10-17(22-2)19-13-16/h4-10,13-14H,3,11-12H2,1-2H3,(H2,20,21,23)/t14-/m0/s1. The molecule has 23 heavy (non-hydrogen) atoms. The third-order valence-corrected chi connectivity index (χ3v) is 3.95. The molecule has 1 atom stereocenters. The third kappa shape index (κ3) is 5.87. The van der Waals surface area contributed by atoms with E-state index in [9.17, 15) is 0 Å². The van der Waals surface area contributed by atoms with Crippen molar-refractivity contribution in [3.63, 3.8) is 0 Å². The van der Waals surface area contributed by atoms with Gasteiger partial charge in [-0.1, -0.05) is 43.7 Å². The highest BCUT2D eigenvalue weighted by Crippen LogP contribution is 2.12.